The second-order valence-corrected chi connectivity index (χ2v) is 6.55. The first-order valence-electron chi connectivity index (χ1n) is 7.91. The van der Waals surface area contributed by atoms with Crippen LogP contribution in [0.3, 0.4) is 0 Å². The molecule has 0 saturated heterocycles. The van der Waals surface area contributed by atoms with Gasteiger partial charge in [-0.05, 0) is 42.5 Å². The van der Waals surface area contributed by atoms with E-state index >= 15 is 0 Å². The highest BCUT2D eigenvalue weighted by molar-refractivity contribution is 6.31. The fourth-order valence-corrected chi connectivity index (χ4v) is 2.63. The smallest absolute Gasteiger partial charge is 0.155 e. The maximum Gasteiger partial charge on any atom is 0.155 e. The first kappa shape index (κ1) is 17.2. The van der Waals surface area contributed by atoms with Gasteiger partial charge in [0.1, 0.15) is 11.6 Å². The first-order chi connectivity index (χ1) is 11.9. The quantitative estimate of drug-likeness (QED) is 0.709. The molecule has 0 aliphatic heterocycles. The maximum absolute atomic E-state index is 6.12. The molecule has 0 N–H and O–H groups in total. The summed E-state index contributed by atoms with van der Waals surface area (Å²) in [4.78, 5) is 17.8. The van der Waals surface area contributed by atoms with Crippen molar-refractivity contribution in [3.63, 3.8) is 0 Å². The Hall–Kier alpha value is -2.66. The summed E-state index contributed by atoms with van der Waals surface area (Å²) in [6, 6.07) is 11.5. The van der Waals surface area contributed by atoms with Gasteiger partial charge >= 0.3 is 0 Å². The Morgan fingerprint density at radius 2 is 1.68 bits per heavy atom. The van der Waals surface area contributed by atoms with Gasteiger partial charge in [-0.2, -0.15) is 0 Å². The van der Waals surface area contributed by atoms with Gasteiger partial charge < -0.3 is 9.80 Å². The summed E-state index contributed by atoms with van der Waals surface area (Å²) in [6.07, 6.45) is 3.80. The number of anilines is 2. The molecule has 0 aliphatic rings. The van der Waals surface area contributed by atoms with Gasteiger partial charge in [0.2, 0.25) is 0 Å². The molecule has 0 spiro atoms. The first-order valence-corrected chi connectivity index (χ1v) is 8.29. The van der Waals surface area contributed by atoms with Crippen LogP contribution in [-0.2, 0) is 0 Å². The van der Waals surface area contributed by atoms with Crippen LogP contribution in [-0.4, -0.2) is 43.1 Å². The summed E-state index contributed by atoms with van der Waals surface area (Å²) in [6.45, 7) is 0. The number of fused-ring (bicyclic) bond motifs is 1. The number of hydrogen-bond donors (Lipinski definition) is 0. The third-order valence-electron chi connectivity index (χ3n) is 3.70. The van der Waals surface area contributed by atoms with Gasteiger partial charge in [0.25, 0.3) is 0 Å². The number of pyridine rings is 1. The highest BCUT2D eigenvalue weighted by Crippen LogP contribution is 2.26. The van der Waals surface area contributed by atoms with E-state index in [1.54, 1.807) is 0 Å². The number of benzene rings is 1. The van der Waals surface area contributed by atoms with Crippen molar-refractivity contribution in [2.24, 2.45) is 0 Å². The second kappa shape index (κ2) is 7.07. The molecule has 6 heteroatoms. The van der Waals surface area contributed by atoms with Crippen LogP contribution in [0.1, 0.15) is 11.5 Å². The highest BCUT2D eigenvalue weighted by Gasteiger charge is 2.09. The monoisotopic (exact) mass is 353 g/mol. The van der Waals surface area contributed by atoms with Crippen LogP contribution in [0.25, 0.3) is 23.1 Å². The van der Waals surface area contributed by atoms with Crippen molar-refractivity contribution in [2.75, 3.05) is 38.0 Å². The Bertz CT molecular complexity index is 934. The molecule has 0 bridgehead atoms. The molecule has 5 nitrogen and oxygen atoms in total. The molecule has 3 rings (SSSR count). The van der Waals surface area contributed by atoms with E-state index in [0.29, 0.717) is 10.8 Å². The van der Waals surface area contributed by atoms with E-state index in [0.717, 1.165) is 28.2 Å². The van der Waals surface area contributed by atoms with Crippen LogP contribution in [0.5, 0.6) is 0 Å². The largest absolute Gasteiger partial charge is 0.363 e. The summed E-state index contributed by atoms with van der Waals surface area (Å²) in [5, 5.41) is 1.61. The zero-order valence-corrected chi connectivity index (χ0v) is 15.5. The Labute approximate surface area is 152 Å². The SMILES string of the molecule is CN(C)c1cccc(C=Cc2nc(N(C)C)c3cc(Cl)ccc3n2)n1. The Balaban J connectivity index is 2.01. The molecule has 0 radical (unpaired) electrons. The fourth-order valence-electron chi connectivity index (χ4n) is 2.46. The minimum Gasteiger partial charge on any atom is -0.363 e. The topological polar surface area (TPSA) is 45.2 Å². The van der Waals surface area contributed by atoms with E-state index in [2.05, 4.69) is 15.0 Å². The summed E-state index contributed by atoms with van der Waals surface area (Å²) in [5.41, 5.74) is 1.72. The van der Waals surface area contributed by atoms with E-state index in [4.69, 9.17) is 11.6 Å². The van der Waals surface area contributed by atoms with Gasteiger partial charge in [-0.3, -0.25) is 0 Å². The summed E-state index contributed by atoms with van der Waals surface area (Å²) < 4.78 is 0. The Morgan fingerprint density at radius 3 is 2.40 bits per heavy atom. The number of hydrogen-bond acceptors (Lipinski definition) is 5. The lowest BCUT2D eigenvalue weighted by Crippen LogP contribution is -2.12. The molecule has 0 fully saturated rings. The van der Waals surface area contributed by atoms with Gasteiger partial charge in [0, 0.05) is 38.6 Å². The van der Waals surface area contributed by atoms with Crippen molar-refractivity contribution >= 4 is 46.3 Å². The predicted molar refractivity (Wildman–Crippen MR) is 106 cm³/mol. The van der Waals surface area contributed by atoms with E-state index in [1.165, 1.54) is 0 Å². The second-order valence-electron chi connectivity index (χ2n) is 6.11. The normalized spacial score (nSPS) is 11.2. The number of aromatic nitrogens is 3. The van der Waals surface area contributed by atoms with Crippen molar-refractivity contribution < 1.29 is 0 Å². The summed E-state index contributed by atoms with van der Waals surface area (Å²) >= 11 is 6.12. The minimum atomic E-state index is 0.635. The van der Waals surface area contributed by atoms with E-state index in [9.17, 15) is 0 Å². The van der Waals surface area contributed by atoms with E-state index in [1.807, 2.05) is 86.5 Å². The van der Waals surface area contributed by atoms with Crippen molar-refractivity contribution in [1.82, 2.24) is 15.0 Å². The van der Waals surface area contributed by atoms with Gasteiger partial charge in [-0.15, -0.1) is 0 Å². The molecule has 0 amide bonds. The molecule has 0 unspecified atom stereocenters. The average Bonchev–Trinajstić information content (AvgIpc) is 2.59. The third kappa shape index (κ3) is 3.88. The lowest BCUT2D eigenvalue weighted by molar-refractivity contribution is 1.05. The Kier molecular flexibility index (Phi) is 4.86. The van der Waals surface area contributed by atoms with Crippen LogP contribution in [0.4, 0.5) is 11.6 Å². The third-order valence-corrected chi connectivity index (χ3v) is 3.93. The van der Waals surface area contributed by atoms with Crippen molar-refractivity contribution in [3.05, 3.63) is 52.9 Å². The average molecular weight is 354 g/mol. The number of rotatable bonds is 4. The molecule has 1 aromatic carbocycles. The minimum absolute atomic E-state index is 0.635. The van der Waals surface area contributed by atoms with Gasteiger partial charge in [-0.25, -0.2) is 15.0 Å². The van der Waals surface area contributed by atoms with E-state index in [-0.39, 0.29) is 0 Å². The maximum atomic E-state index is 6.12. The zero-order chi connectivity index (χ0) is 18.0. The molecule has 128 valence electrons. The highest BCUT2D eigenvalue weighted by atomic mass is 35.5. The molecular weight excluding hydrogens is 334 g/mol. The summed E-state index contributed by atoms with van der Waals surface area (Å²) in [5.74, 6) is 2.38. The van der Waals surface area contributed by atoms with Crippen LogP contribution in [0.2, 0.25) is 5.02 Å². The lowest BCUT2D eigenvalue weighted by atomic mass is 10.2. The molecule has 3 aromatic rings. The molecule has 0 atom stereocenters. The fraction of sp³-hybridized carbons (Fsp3) is 0.211. The Morgan fingerprint density at radius 1 is 0.880 bits per heavy atom. The summed E-state index contributed by atoms with van der Waals surface area (Å²) in [7, 11) is 7.85. The number of nitrogens with zero attached hydrogens (tertiary/aromatic N) is 5. The van der Waals surface area contributed by atoms with Gasteiger partial charge in [0.05, 0.1) is 11.2 Å². The predicted octanol–water partition coefficient (Wildman–Crippen LogP) is 3.98. The zero-order valence-electron chi connectivity index (χ0n) is 14.7. The van der Waals surface area contributed by atoms with Crippen LogP contribution in [0, 0.1) is 0 Å². The van der Waals surface area contributed by atoms with E-state index < -0.39 is 0 Å². The molecule has 0 saturated carbocycles. The molecule has 25 heavy (non-hydrogen) atoms. The lowest BCUT2D eigenvalue weighted by Gasteiger charge is -2.14. The molecular formula is C19H20ClN5. The molecule has 0 aliphatic carbocycles. The van der Waals surface area contributed by atoms with Crippen LogP contribution >= 0.6 is 11.6 Å². The van der Waals surface area contributed by atoms with Crippen LogP contribution < -0.4 is 9.80 Å². The van der Waals surface area contributed by atoms with Crippen molar-refractivity contribution in [2.45, 2.75) is 0 Å². The molecule has 2 heterocycles. The van der Waals surface area contributed by atoms with Crippen molar-refractivity contribution in [1.29, 1.82) is 0 Å². The van der Waals surface area contributed by atoms with Gasteiger partial charge in [0.15, 0.2) is 5.82 Å². The standard InChI is InChI=1S/C19H20ClN5/c1-24(2)18-7-5-6-14(21-18)9-11-17-22-16-10-8-13(20)12-15(16)19(23-17)25(3)4/h5-12H,1-4H3. The van der Waals surface area contributed by atoms with Crippen molar-refractivity contribution in [3.8, 4) is 0 Å². The van der Waals surface area contributed by atoms with Crippen LogP contribution in [0.15, 0.2) is 36.4 Å². The molecule has 2 aromatic heterocycles. The van der Waals surface area contributed by atoms with Gasteiger partial charge in [-0.1, -0.05) is 17.7 Å². The number of halogens is 1.